The molecule has 1 aromatic heterocycles. The molecule has 0 saturated carbocycles. The number of hydrogen-bond acceptors (Lipinski definition) is 2. The van der Waals surface area contributed by atoms with Gasteiger partial charge in [-0.25, -0.2) is 9.97 Å². The second kappa shape index (κ2) is 6.49. The number of benzene rings is 4. The smallest absolute Gasteiger partial charge is 0.156 e. The maximum atomic E-state index is 6.47. The minimum Gasteiger partial charge on any atom is -0.242 e. The van der Waals surface area contributed by atoms with Crippen LogP contribution in [0.25, 0.3) is 44.2 Å². The largest absolute Gasteiger partial charge is 0.242 e. The van der Waals surface area contributed by atoms with Crippen molar-refractivity contribution in [2.75, 3.05) is 0 Å². The van der Waals surface area contributed by atoms with Gasteiger partial charge in [-0.2, -0.15) is 0 Å². The van der Waals surface area contributed by atoms with Crippen LogP contribution in [0, 0.1) is 0 Å². The third-order valence-corrected chi connectivity index (χ3v) is 5.05. The Morgan fingerprint density at radius 1 is 0.556 bits per heavy atom. The molecule has 0 aliphatic carbocycles. The van der Waals surface area contributed by atoms with Crippen molar-refractivity contribution >= 4 is 33.4 Å². The molecule has 0 unspecified atom stereocenters. The van der Waals surface area contributed by atoms with Gasteiger partial charge in [0.2, 0.25) is 0 Å². The van der Waals surface area contributed by atoms with Crippen molar-refractivity contribution in [3.05, 3.63) is 96.1 Å². The lowest BCUT2D eigenvalue weighted by molar-refractivity contribution is 1.30. The fourth-order valence-electron chi connectivity index (χ4n) is 3.40. The van der Waals surface area contributed by atoms with Crippen LogP contribution in [-0.4, -0.2) is 9.97 Å². The summed E-state index contributed by atoms with van der Waals surface area (Å²) >= 11 is 6.47. The molecule has 0 fully saturated rings. The summed E-state index contributed by atoms with van der Waals surface area (Å²) in [6, 6.07) is 30.8. The molecule has 0 bridgehead atoms. The van der Waals surface area contributed by atoms with Crippen LogP contribution in [0.2, 0.25) is 5.15 Å². The monoisotopic (exact) mass is 366 g/mol. The number of rotatable bonds is 2. The van der Waals surface area contributed by atoms with Gasteiger partial charge in [0.15, 0.2) is 5.15 Å². The number of halogens is 1. The molecule has 3 heteroatoms. The molecule has 0 N–H and O–H groups in total. The van der Waals surface area contributed by atoms with Crippen LogP contribution in [0.5, 0.6) is 0 Å². The summed E-state index contributed by atoms with van der Waals surface area (Å²) in [5, 5.41) is 2.65. The van der Waals surface area contributed by atoms with Gasteiger partial charge in [0.1, 0.15) is 5.69 Å². The van der Waals surface area contributed by atoms with E-state index in [1.807, 2.05) is 36.4 Å². The minimum atomic E-state index is 0.422. The predicted molar refractivity (Wildman–Crippen MR) is 113 cm³/mol. The zero-order valence-corrected chi connectivity index (χ0v) is 15.2. The first-order chi connectivity index (χ1) is 13.3. The molecule has 5 aromatic rings. The van der Waals surface area contributed by atoms with E-state index in [0.29, 0.717) is 10.8 Å². The maximum Gasteiger partial charge on any atom is 0.156 e. The number of aromatic nitrogens is 2. The average Bonchev–Trinajstić information content (AvgIpc) is 2.74. The molecule has 0 aliphatic heterocycles. The molecule has 0 amide bonds. The third kappa shape index (κ3) is 2.84. The van der Waals surface area contributed by atoms with Gasteiger partial charge < -0.3 is 0 Å². The van der Waals surface area contributed by atoms with E-state index in [0.717, 1.165) is 32.9 Å². The van der Waals surface area contributed by atoms with Gasteiger partial charge in [0.25, 0.3) is 0 Å². The topological polar surface area (TPSA) is 25.8 Å². The lowest BCUT2D eigenvalue weighted by atomic mass is 10.0. The number of nitrogens with zero attached hydrogens (tertiary/aromatic N) is 2. The van der Waals surface area contributed by atoms with E-state index in [-0.39, 0.29) is 0 Å². The third-order valence-electron chi connectivity index (χ3n) is 4.78. The molecule has 1 heterocycles. The fraction of sp³-hybridized carbons (Fsp3) is 0. The summed E-state index contributed by atoms with van der Waals surface area (Å²) in [5.74, 6) is 0. The van der Waals surface area contributed by atoms with Crippen molar-refractivity contribution in [3.63, 3.8) is 0 Å². The summed E-state index contributed by atoms with van der Waals surface area (Å²) in [6.45, 7) is 0. The highest BCUT2D eigenvalue weighted by atomic mass is 35.5. The summed E-state index contributed by atoms with van der Waals surface area (Å²) < 4.78 is 0. The Morgan fingerprint density at radius 2 is 1.22 bits per heavy atom. The SMILES string of the molecule is Clc1nc2ccc3ccccc3c2nc1-c1ccc(-c2ccccc2)cc1. The van der Waals surface area contributed by atoms with E-state index < -0.39 is 0 Å². The van der Waals surface area contributed by atoms with Crippen LogP contribution in [0.3, 0.4) is 0 Å². The zero-order valence-electron chi connectivity index (χ0n) is 14.4. The van der Waals surface area contributed by atoms with E-state index in [4.69, 9.17) is 16.6 Å². The van der Waals surface area contributed by atoms with Gasteiger partial charge >= 0.3 is 0 Å². The normalized spacial score (nSPS) is 11.1. The van der Waals surface area contributed by atoms with Gasteiger partial charge in [0.05, 0.1) is 11.0 Å². The summed E-state index contributed by atoms with van der Waals surface area (Å²) in [5.41, 5.74) is 5.70. The van der Waals surface area contributed by atoms with Crippen LogP contribution in [0.1, 0.15) is 0 Å². The number of hydrogen-bond donors (Lipinski definition) is 0. The zero-order chi connectivity index (χ0) is 18.2. The predicted octanol–water partition coefficient (Wildman–Crippen LogP) is 6.77. The van der Waals surface area contributed by atoms with Crippen molar-refractivity contribution in [3.8, 4) is 22.4 Å². The maximum absolute atomic E-state index is 6.47. The van der Waals surface area contributed by atoms with Crippen LogP contribution in [0.4, 0.5) is 0 Å². The van der Waals surface area contributed by atoms with Crippen LogP contribution >= 0.6 is 11.6 Å². The van der Waals surface area contributed by atoms with E-state index in [1.165, 1.54) is 5.56 Å². The Hall–Kier alpha value is -3.23. The second-order valence-corrected chi connectivity index (χ2v) is 6.82. The molecule has 27 heavy (non-hydrogen) atoms. The Balaban J connectivity index is 1.66. The second-order valence-electron chi connectivity index (χ2n) is 6.46. The molecule has 0 aliphatic rings. The standard InChI is InChI=1S/C24H15ClN2/c25-24-22(19-12-10-17(11-13-19)16-6-2-1-3-7-16)27-23-20-9-5-4-8-18(20)14-15-21(23)26-24/h1-15H. The first-order valence-corrected chi connectivity index (χ1v) is 9.18. The van der Waals surface area contributed by atoms with Crippen LogP contribution < -0.4 is 0 Å². The quantitative estimate of drug-likeness (QED) is 0.322. The molecule has 2 nitrogen and oxygen atoms in total. The molecule has 0 saturated heterocycles. The molecular weight excluding hydrogens is 352 g/mol. The molecule has 5 rings (SSSR count). The van der Waals surface area contributed by atoms with Crippen molar-refractivity contribution in [2.45, 2.75) is 0 Å². The Morgan fingerprint density at radius 3 is 2.04 bits per heavy atom. The van der Waals surface area contributed by atoms with E-state index in [1.54, 1.807) is 0 Å². The highest BCUT2D eigenvalue weighted by Crippen LogP contribution is 2.31. The molecule has 0 spiro atoms. The molecule has 4 aromatic carbocycles. The molecule has 0 radical (unpaired) electrons. The van der Waals surface area contributed by atoms with Gasteiger partial charge in [-0.3, -0.25) is 0 Å². The van der Waals surface area contributed by atoms with Gasteiger partial charge in [-0.05, 0) is 22.6 Å². The summed E-state index contributed by atoms with van der Waals surface area (Å²) in [4.78, 5) is 9.47. The average molecular weight is 367 g/mol. The van der Waals surface area contributed by atoms with Crippen molar-refractivity contribution in [2.24, 2.45) is 0 Å². The summed E-state index contributed by atoms with van der Waals surface area (Å²) in [6.07, 6.45) is 0. The first-order valence-electron chi connectivity index (χ1n) is 8.80. The fourth-order valence-corrected chi connectivity index (χ4v) is 3.65. The van der Waals surface area contributed by atoms with Crippen LogP contribution in [-0.2, 0) is 0 Å². The summed E-state index contributed by atoms with van der Waals surface area (Å²) in [7, 11) is 0. The molecular formula is C24H15ClN2. The highest BCUT2D eigenvalue weighted by Gasteiger charge is 2.11. The van der Waals surface area contributed by atoms with Gasteiger partial charge in [-0.15, -0.1) is 0 Å². The number of fused-ring (bicyclic) bond motifs is 3. The van der Waals surface area contributed by atoms with Gasteiger partial charge in [0, 0.05) is 10.9 Å². The van der Waals surface area contributed by atoms with Crippen molar-refractivity contribution in [1.29, 1.82) is 0 Å². The molecule has 128 valence electrons. The Kier molecular flexibility index (Phi) is 3.84. The molecule has 0 atom stereocenters. The highest BCUT2D eigenvalue weighted by molar-refractivity contribution is 6.32. The minimum absolute atomic E-state index is 0.422. The van der Waals surface area contributed by atoms with E-state index in [2.05, 4.69) is 59.6 Å². The van der Waals surface area contributed by atoms with E-state index in [9.17, 15) is 0 Å². The van der Waals surface area contributed by atoms with Gasteiger partial charge in [-0.1, -0.05) is 96.5 Å². The lowest BCUT2D eigenvalue weighted by Crippen LogP contribution is -1.92. The van der Waals surface area contributed by atoms with E-state index >= 15 is 0 Å². The van der Waals surface area contributed by atoms with Crippen molar-refractivity contribution < 1.29 is 0 Å². The Bertz CT molecular complexity index is 1260. The van der Waals surface area contributed by atoms with Crippen molar-refractivity contribution in [1.82, 2.24) is 9.97 Å². The lowest BCUT2D eigenvalue weighted by Gasteiger charge is -2.09. The Labute approximate surface area is 162 Å². The first kappa shape index (κ1) is 16.0. The van der Waals surface area contributed by atoms with Crippen LogP contribution in [0.15, 0.2) is 91.0 Å².